The summed E-state index contributed by atoms with van der Waals surface area (Å²) in [7, 11) is 0. The third kappa shape index (κ3) is 3.11. The first-order valence-corrected chi connectivity index (χ1v) is 7.80. The molecule has 0 unspecified atom stereocenters. The van der Waals surface area contributed by atoms with Crippen LogP contribution in [-0.4, -0.2) is 18.4 Å². The normalized spacial score (nSPS) is 12.9. The maximum absolute atomic E-state index is 12.4. The maximum atomic E-state index is 12.4. The Morgan fingerprint density at radius 2 is 1.87 bits per heavy atom. The van der Waals surface area contributed by atoms with Crippen LogP contribution in [0.15, 0.2) is 42.5 Å². The van der Waals surface area contributed by atoms with Gasteiger partial charge in [-0.05, 0) is 49.1 Å². The van der Waals surface area contributed by atoms with Crippen LogP contribution in [0.3, 0.4) is 0 Å². The Labute approximate surface area is 136 Å². The van der Waals surface area contributed by atoms with Gasteiger partial charge in [-0.3, -0.25) is 9.59 Å². The predicted octanol–water partition coefficient (Wildman–Crippen LogP) is 3.22. The summed E-state index contributed by atoms with van der Waals surface area (Å²) in [6.45, 7) is 4.61. The standard InChI is InChI=1S/C19H20N2O2/c1-13-6-5-8-16(14(13)2)20-18(22)12-19(23)21-11-10-15-7-3-4-9-17(15)21/h3-9H,10-12H2,1-2H3,(H,20,22). The fraction of sp³-hybridized carbons (Fsp3) is 0.263. The fourth-order valence-electron chi connectivity index (χ4n) is 2.91. The molecule has 1 heterocycles. The lowest BCUT2D eigenvalue weighted by Gasteiger charge is -2.17. The Hall–Kier alpha value is -2.62. The van der Waals surface area contributed by atoms with E-state index in [-0.39, 0.29) is 18.2 Å². The quantitative estimate of drug-likeness (QED) is 0.885. The van der Waals surface area contributed by atoms with Gasteiger partial charge in [-0.25, -0.2) is 0 Å². The highest BCUT2D eigenvalue weighted by molar-refractivity contribution is 6.09. The van der Waals surface area contributed by atoms with Gasteiger partial charge >= 0.3 is 0 Å². The van der Waals surface area contributed by atoms with Crippen LogP contribution in [0.1, 0.15) is 23.1 Å². The first-order chi connectivity index (χ1) is 11.1. The summed E-state index contributed by atoms with van der Waals surface area (Å²) in [6.07, 6.45) is 0.711. The Bertz CT molecular complexity index is 768. The molecule has 23 heavy (non-hydrogen) atoms. The molecular weight excluding hydrogens is 288 g/mol. The van der Waals surface area contributed by atoms with E-state index in [2.05, 4.69) is 5.32 Å². The predicted molar refractivity (Wildman–Crippen MR) is 91.7 cm³/mol. The average molecular weight is 308 g/mol. The molecule has 1 N–H and O–H groups in total. The largest absolute Gasteiger partial charge is 0.325 e. The summed E-state index contributed by atoms with van der Waals surface area (Å²) in [5.74, 6) is -0.425. The summed E-state index contributed by atoms with van der Waals surface area (Å²) in [4.78, 5) is 26.3. The Morgan fingerprint density at radius 3 is 2.70 bits per heavy atom. The zero-order chi connectivity index (χ0) is 16.4. The minimum Gasteiger partial charge on any atom is -0.325 e. The van der Waals surface area contributed by atoms with Gasteiger partial charge in [-0.1, -0.05) is 30.3 Å². The van der Waals surface area contributed by atoms with Crippen LogP contribution < -0.4 is 10.2 Å². The first-order valence-electron chi connectivity index (χ1n) is 7.80. The van der Waals surface area contributed by atoms with Crippen molar-refractivity contribution in [3.05, 3.63) is 59.2 Å². The summed E-state index contributed by atoms with van der Waals surface area (Å²) >= 11 is 0. The number of nitrogens with one attached hydrogen (secondary N) is 1. The van der Waals surface area contributed by atoms with Crippen molar-refractivity contribution in [3.63, 3.8) is 0 Å². The van der Waals surface area contributed by atoms with Crippen LogP contribution in [0, 0.1) is 13.8 Å². The highest BCUT2D eigenvalue weighted by Gasteiger charge is 2.25. The smallest absolute Gasteiger partial charge is 0.236 e. The van der Waals surface area contributed by atoms with Crippen molar-refractivity contribution in [3.8, 4) is 0 Å². The van der Waals surface area contributed by atoms with Crippen LogP contribution >= 0.6 is 0 Å². The van der Waals surface area contributed by atoms with Crippen molar-refractivity contribution < 1.29 is 9.59 Å². The molecule has 3 rings (SSSR count). The van der Waals surface area contributed by atoms with Crippen LogP contribution in [0.4, 0.5) is 11.4 Å². The van der Waals surface area contributed by atoms with E-state index in [1.165, 1.54) is 0 Å². The molecule has 4 nitrogen and oxygen atoms in total. The van der Waals surface area contributed by atoms with Gasteiger partial charge in [-0.15, -0.1) is 0 Å². The topological polar surface area (TPSA) is 49.4 Å². The molecule has 1 aliphatic rings. The number of rotatable bonds is 3. The average Bonchev–Trinajstić information content (AvgIpc) is 2.96. The molecule has 2 aromatic rings. The number of hydrogen-bond donors (Lipinski definition) is 1. The van der Waals surface area contributed by atoms with Crippen LogP contribution in [0.5, 0.6) is 0 Å². The van der Waals surface area contributed by atoms with Crippen LogP contribution in [0.25, 0.3) is 0 Å². The van der Waals surface area contributed by atoms with Crippen molar-refractivity contribution in [2.75, 3.05) is 16.8 Å². The second-order valence-electron chi connectivity index (χ2n) is 5.90. The Kier molecular flexibility index (Phi) is 4.15. The highest BCUT2D eigenvalue weighted by Crippen LogP contribution is 2.28. The molecule has 0 aliphatic carbocycles. The number of carbonyl (C=O) groups excluding carboxylic acids is 2. The molecule has 0 fully saturated rings. The summed E-state index contributed by atoms with van der Waals surface area (Å²) in [5.41, 5.74) is 5.00. The third-order valence-electron chi connectivity index (χ3n) is 4.38. The first kappa shape index (κ1) is 15.3. The molecule has 0 saturated carbocycles. The number of benzene rings is 2. The lowest BCUT2D eigenvalue weighted by atomic mass is 10.1. The van der Waals surface area contributed by atoms with Gasteiger partial charge in [0.15, 0.2) is 0 Å². The number of hydrogen-bond acceptors (Lipinski definition) is 2. The SMILES string of the molecule is Cc1cccc(NC(=O)CC(=O)N2CCc3ccccc32)c1C. The van der Waals surface area contributed by atoms with Crippen molar-refractivity contribution >= 4 is 23.2 Å². The van der Waals surface area contributed by atoms with Gasteiger partial charge < -0.3 is 10.2 Å². The second kappa shape index (κ2) is 6.24. The minimum absolute atomic E-state index is 0.137. The highest BCUT2D eigenvalue weighted by atomic mass is 16.2. The van der Waals surface area contributed by atoms with Gasteiger partial charge in [-0.2, -0.15) is 0 Å². The number of carbonyl (C=O) groups is 2. The minimum atomic E-state index is -0.270. The molecule has 0 spiro atoms. The monoisotopic (exact) mass is 308 g/mol. The second-order valence-corrected chi connectivity index (χ2v) is 5.90. The summed E-state index contributed by atoms with van der Waals surface area (Å²) in [6, 6.07) is 13.6. The molecule has 1 aliphatic heterocycles. The van der Waals surface area contributed by atoms with Gasteiger partial charge in [0, 0.05) is 17.9 Å². The van der Waals surface area contributed by atoms with E-state index in [1.807, 2.05) is 56.3 Å². The van der Waals surface area contributed by atoms with Crippen molar-refractivity contribution in [1.82, 2.24) is 0 Å². The number of aryl methyl sites for hydroxylation is 1. The van der Waals surface area contributed by atoms with E-state index >= 15 is 0 Å². The zero-order valence-corrected chi connectivity index (χ0v) is 13.4. The fourth-order valence-corrected chi connectivity index (χ4v) is 2.91. The van der Waals surface area contributed by atoms with E-state index in [1.54, 1.807) is 4.90 Å². The van der Waals surface area contributed by atoms with E-state index in [9.17, 15) is 9.59 Å². The summed E-state index contributed by atoms with van der Waals surface area (Å²) < 4.78 is 0. The molecule has 0 atom stereocenters. The Balaban J connectivity index is 1.67. The van der Waals surface area contributed by atoms with Crippen molar-refractivity contribution in [2.24, 2.45) is 0 Å². The molecule has 4 heteroatoms. The van der Waals surface area contributed by atoms with E-state index in [4.69, 9.17) is 0 Å². The molecule has 0 saturated heterocycles. The molecule has 0 aromatic heterocycles. The van der Waals surface area contributed by atoms with Crippen molar-refractivity contribution in [1.29, 1.82) is 0 Å². The van der Waals surface area contributed by atoms with Gasteiger partial charge in [0.1, 0.15) is 6.42 Å². The molecule has 118 valence electrons. The maximum Gasteiger partial charge on any atom is 0.236 e. The van der Waals surface area contributed by atoms with Crippen molar-refractivity contribution in [2.45, 2.75) is 26.7 Å². The van der Waals surface area contributed by atoms with Gasteiger partial charge in [0.2, 0.25) is 11.8 Å². The Morgan fingerprint density at radius 1 is 1.09 bits per heavy atom. The van der Waals surface area contributed by atoms with E-state index < -0.39 is 0 Å². The molecule has 0 bridgehead atoms. The number of fused-ring (bicyclic) bond motifs is 1. The van der Waals surface area contributed by atoms with Crippen LogP contribution in [-0.2, 0) is 16.0 Å². The third-order valence-corrected chi connectivity index (χ3v) is 4.38. The number of nitrogens with zero attached hydrogens (tertiary/aromatic N) is 1. The van der Waals surface area contributed by atoms with E-state index in [0.29, 0.717) is 6.54 Å². The lowest BCUT2D eigenvalue weighted by Crippen LogP contribution is -2.32. The number of amides is 2. The zero-order valence-electron chi connectivity index (χ0n) is 13.4. The van der Waals surface area contributed by atoms with Gasteiger partial charge in [0.25, 0.3) is 0 Å². The molecule has 2 aromatic carbocycles. The number of anilines is 2. The molecule has 0 radical (unpaired) electrons. The van der Waals surface area contributed by atoms with Crippen LogP contribution in [0.2, 0.25) is 0 Å². The number of para-hydroxylation sites is 1. The molecular formula is C19H20N2O2. The summed E-state index contributed by atoms with van der Waals surface area (Å²) in [5, 5.41) is 2.84. The molecule has 2 amide bonds. The van der Waals surface area contributed by atoms with Gasteiger partial charge in [0.05, 0.1) is 0 Å². The lowest BCUT2D eigenvalue weighted by molar-refractivity contribution is -0.125. The van der Waals surface area contributed by atoms with E-state index in [0.717, 1.165) is 34.5 Å².